The number of alkyl halides is 3. The Labute approximate surface area is 203 Å². The van der Waals surface area contributed by atoms with Crippen molar-refractivity contribution in [3.8, 4) is 11.5 Å². The molecular formula is C21H15F5INO6. The molecule has 0 aromatic heterocycles. The third-order valence-corrected chi connectivity index (χ3v) is 5.25. The van der Waals surface area contributed by atoms with Crippen molar-refractivity contribution >= 4 is 40.2 Å². The molecule has 3 rings (SSSR count). The summed E-state index contributed by atoms with van der Waals surface area (Å²) in [6.07, 6.45) is -4.97. The minimum Gasteiger partial charge on any atom is -0.466 e. The Hall–Kier alpha value is -2.94. The molecule has 0 saturated carbocycles. The lowest BCUT2D eigenvalue weighted by Gasteiger charge is -2.32. The van der Waals surface area contributed by atoms with Crippen molar-refractivity contribution in [3.63, 3.8) is 0 Å². The SMILES string of the molecule is COC(=O)C1=C(C(=O)OC)N(c2ccc(I)cc2Oc2c(F)cc(C(F)(F)F)cc2F)COC1. The van der Waals surface area contributed by atoms with Crippen LogP contribution in [0, 0.1) is 15.2 Å². The fraction of sp³-hybridized carbons (Fsp3) is 0.238. The summed E-state index contributed by atoms with van der Waals surface area (Å²) in [6, 6.07) is 4.50. The molecule has 2 aromatic carbocycles. The van der Waals surface area contributed by atoms with E-state index in [4.69, 9.17) is 14.2 Å². The van der Waals surface area contributed by atoms with Crippen LogP contribution in [0.4, 0.5) is 27.6 Å². The Morgan fingerprint density at radius 2 is 1.65 bits per heavy atom. The van der Waals surface area contributed by atoms with Crippen LogP contribution < -0.4 is 9.64 Å². The molecule has 34 heavy (non-hydrogen) atoms. The molecule has 1 heterocycles. The highest BCUT2D eigenvalue weighted by molar-refractivity contribution is 14.1. The first-order valence-electron chi connectivity index (χ1n) is 9.26. The number of esters is 2. The molecule has 0 spiro atoms. The van der Waals surface area contributed by atoms with Gasteiger partial charge in [0, 0.05) is 3.57 Å². The fourth-order valence-electron chi connectivity index (χ4n) is 3.06. The molecule has 0 saturated heterocycles. The van der Waals surface area contributed by atoms with Crippen LogP contribution >= 0.6 is 22.6 Å². The zero-order valence-electron chi connectivity index (χ0n) is 17.5. The minimum atomic E-state index is -4.97. The van der Waals surface area contributed by atoms with Gasteiger partial charge < -0.3 is 23.8 Å². The van der Waals surface area contributed by atoms with Crippen LogP contribution in [-0.2, 0) is 30.0 Å². The monoisotopic (exact) mass is 599 g/mol. The van der Waals surface area contributed by atoms with Gasteiger partial charge in [0.15, 0.2) is 23.1 Å². The van der Waals surface area contributed by atoms with Gasteiger partial charge >= 0.3 is 18.1 Å². The number of carbonyl (C=O) groups is 2. The van der Waals surface area contributed by atoms with Crippen molar-refractivity contribution in [3.05, 3.63) is 62.4 Å². The molecule has 0 bridgehead atoms. The summed E-state index contributed by atoms with van der Waals surface area (Å²) in [5.41, 5.74) is -1.96. The Morgan fingerprint density at radius 3 is 2.21 bits per heavy atom. The first-order valence-corrected chi connectivity index (χ1v) is 10.3. The number of carbonyl (C=O) groups excluding carboxylic acids is 2. The Bertz CT molecular complexity index is 1140. The fourth-order valence-corrected chi connectivity index (χ4v) is 3.52. The zero-order chi connectivity index (χ0) is 25.2. The molecule has 0 N–H and O–H groups in total. The Kier molecular flexibility index (Phi) is 7.65. The summed E-state index contributed by atoms with van der Waals surface area (Å²) in [5, 5.41) is 0. The van der Waals surface area contributed by atoms with Gasteiger partial charge in [-0.05, 0) is 52.9 Å². The van der Waals surface area contributed by atoms with Crippen LogP contribution in [0.2, 0.25) is 0 Å². The zero-order valence-corrected chi connectivity index (χ0v) is 19.6. The number of halogens is 6. The quantitative estimate of drug-likeness (QED) is 0.279. The third kappa shape index (κ3) is 5.24. The topological polar surface area (TPSA) is 74.3 Å². The maximum Gasteiger partial charge on any atom is 0.416 e. The Morgan fingerprint density at radius 1 is 1.03 bits per heavy atom. The predicted molar refractivity (Wildman–Crippen MR) is 115 cm³/mol. The first-order chi connectivity index (χ1) is 16.0. The molecule has 0 fully saturated rings. The van der Waals surface area contributed by atoms with Crippen LogP contribution in [-0.4, -0.2) is 39.5 Å². The van der Waals surface area contributed by atoms with Gasteiger partial charge in [-0.2, -0.15) is 13.2 Å². The normalized spacial score (nSPS) is 14.2. The molecule has 0 radical (unpaired) electrons. The van der Waals surface area contributed by atoms with Gasteiger partial charge in [0.1, 0.15) is 12.4 Å². The average molecular weight is 599 g/mol. The van der Waals surface area contributed by atoms with Crippen molar-refractivity contribution in [2.24, 2.45) is 0 Å². The van der Waals surface area contributed by atoms with E-state index in [0.717, 1.165) is 19.1 Å². The molecular weight excluding hydrogens is 584 g/mol. The van der Waals surface area contributed by atoms with Crippen molar-refractivity contribution in [2.75, 3.05) is 32.5 Å². The smallest absolute Gasteiger partial charge is 0.416 e. The van der Waals surface area contributed by atoms with E-state index in [0.29, 0.717) is 3.57 Å². The second kappa shape index (κ2) is 10.1. The van der Waals surface area contributed by atoms with Gasteiger partial charge in [0.05, 0.1) is 37.7 Å². The third-order valence-electron chi connectivity index (χ3n) is 4.58. The molecule has 1 aliphatic heterocycles. The summed E-state index contributed by atoms with van der Waals surface area (Å²) in [4.78, 5) is 25.9. The number of benzene rings is 2. The van der Waals surface area contributed by atoms with Crippen molar-refractivity contribution in [1.29, 1.82) is 0 Å². The molecule has 1 aliphatic rings. The van der Waals surface area contributed by atoms with Gasteiger partial charge in [-0.15, -0.1) is 0 Å². The number of nitrogens with zero attached hydrogens (tertiary/aromatic N) is 1. The van der Waals surface area contributed by atoms with E-state index < -0.39 is 41.1 Å². The van der Waals surface area contributed by atoms with Gasteiger partial charge in [0.25, 0.3) is 0 Å². The molecule has 7 nitrogen and oxygen atoms in total. The van der Waals surface area contributed by atoms with Crippen LogP contribution in [0.3, 0.4) is 0 Å². The summed E-state index contributed by atoms with van der Waals surface area (Å²) >= 11 is 1.87. The van der Waals surface area contributed by atoms with E-state index in [2.05, 4.69) is 4.74 Å². The molecule has 0 amide bonds. The number of ether oxygens (including phenoxy) is 4. The molecule has 182 valence electrons. The highest BCUT2D eigenvalue weighted by Crippen LogP contribution is 2.40. The first kappa shape index (κ1) is 25.7. The number of rotatable bonds is 5. The van der Waals surface area contributed by atoms with E-state index in [1.54, 1.807) is 6.07 Å². The lowest BCUT2D eigenvalue weighted by molar-refractivity contribution is -0.140. The van der Waals surface area contributed by atoms with Gasteiger partial charge in [-0.25, -0.2) is 18.4 Å². The lowest BCUT2D eigenvalue weighted by atomic mass is 10.1. The van der Waals surface area contributed by atoms with E-state index in [9.17, 15) is 31.5 Å². The van der Waals surface area contributed by atoms with E-state index in [1.165, 1.54) is 12.1 Å². The lowest BCUT2D eigenvalue weighted by Crippen LogP contribution is -2.39. The number of hydrogen-bond donors (Lipinski definition) is 0. The largest absolute Gasteiger partial charge is 0.466 e. The summed E-state index contributed by atoms with van der Waals surface area (Å²) in [6.45, 7) is -0.573. The maximum atomic E-state index is 14.4. The Balaban J connectivity index is 2.13. The van der Waals surface area contributed by atoms with Gasteiger partial charge in [-0.1, -0.05) is 0 Å². The molecule has 0 atom stereocenters. The van der Waals surface area contributed by atoms with Crippen molar-refractivity contribution < 1.29 is 50.5 Å². The summed E-state index contributed by atoms with van der Waals surface area (Å²) in [7, 11) is 2.18. The average Bonchev–Trinajstić information content (AvgIpc) is 2.79. The molecule has 0 aliphatic carbocycles. The highest BCUT2D eigenvalue weighted by Gasteiger charge is 2.35. The molecule has 13 heteroatoms. The minimum absolute atomic E-state index is 0.0145. The standard InChI is InChI=1S/C21H15F5INO6/c1-31-19(29)12-8-33-9-28(17(12)20(30)32-2)15-4-3-11(27)7-16(15)34-18-13(22)5-10(6-14(18)23)21(24,25)26/h3-7H,8-9H2,1-2H3. The maximum absolute atomic E-state index is 14.4. The van der Waals surface area contributed by atoms with Gasteiger partial charge in [-0.3, -0.25) is 0 Å². The van der Waals surface area contributed by atoms with Crippen LogP contribution in [0.15, 0.2) is 41.6 Å². The second-order valence-corrected chi connectivity index (χ2v) is 7.94. The highest BCUT2D eigenvalue weighted by atomic mass is 127. The van der Waals surface area contributed by atoms with E-state index >= 15 is 0 Å². The number of anilines is 1. The van der Waals surface area contributed by atoms with Crippen LogP contribution in [0.25, 0.3) is 0 Å². The van der Waals surface area contributed by atoms with E-state index in [-0.39, 0.29) is 48.2 Å². The predicted octanol–water partition coefficient (Wildman–Crippen LogP) is 4.77. The van der Waals surface area contributed by atoms with Gasteiger partial charge in [0.2, 0.25) is 0 Å². The number of methoxy groups -OCH3 is 2. The second-order valence-electron chi connectivity index (χ2n) is 6.70. The van der Waals surface area contributed by atoms with Crippen LogP contribution in [0.5, 0.6) is 11.5 Å². The molecule has 0 unspecified atom stereocenters. The summed E-state index contributed by atoms with van der Waals surface area (Å²) < 4.78 is 88.1. The van der Waals surface area contributed by atoms with E-state index in [1.807, 2.05) is 22.6 Å². The molecule has 2 aromatic rings. The van der Waals surface area contributed by atoms with Crippen molar-refractivity contribution in [1.82, 2.24) is 0 Å². The van der Waals surface area contributed by atoms with Crippen LogP contribution in [0.1, 0.15) is 5.56 Å². The number of hydrogen-bond acceptors (Lipinski definition) is 7. The van der Waals surface area contributed by atoms with Crippen molar-refractivity contribution in [2.45, 2.75) is 6.18 Å². The summed E-state index contributed by atoms with van der Waals surface area (Å²) in [5.74, 6) is -6.32.